The van der Waals surface area contributed by atoms with E-state index in [-0.39, 0.29) is 4.90 Å². The fourth-order valence-corrected chi connectivity index (χ4v) is 4.80. The molecule has 0 atom stereocenters. The van der Waals surface area contributed by atoms with Crippen LogP contribution in [0.3, 0.4) is 0 Å². The Balaban J connectivity index is 1.51. The smallest absolute Gasteiger partial charge is 0.341 e. The number of hydrogen-bond acceptors (Lipinski definition) is 4. The minimum absolute atomic E-state index is 0.344. The van der Waals surface area contributed by atoms with Gasteiger partial charge in [0.15, 0.2) is 0 Å². The van der Waals surface area contributed by atoms with Crippen molar-refractivity contribution in [2.24, 2.45) is 0 Å². The summed E-state index contributed by atoms with van der Waals surface area (Å²) in [6, 6.07) is 14.3. The van der Waals surface area contributed by atoms with Crippen LogP contribution in [-0.4, -0.2) is 36.8 Å². The number of aromatic nitrogens is 2. The number of alkyl halides is 2. The second-order valence-corrected chi connectivity index (χ2v) is 9.18. The third kappa shape index (κ3) is 3.61. The first-order valence-electron chi connectivity index (χ1n) is 9.74. The fourth-order valence-electron chi connectivity index (χ4n) is 4.08. The summed E-state index contributed by atoms with van der Waals surface area (Å²) in [6.07, 6.45) is 2.74. The predicted molar refractivity (Wildman–Crippen MR) is 109 cm³/mol. The van der Waals surface area contributed by atoms with Crippen LogP contribution >= 0.6 is 0 Å². The molecule has 1 fully saturated rings. The van der Waals surface area contributed by atoms with Gasteiger partial charge in [0, 0.05) is 31.2 Å². The van der Waals surface area contributed by atoms with E-state index in [1.165, 1.54) is 12.1 Å². The zero-order valence-electron chi connectivity index (χ0n) is 16.1. The van der Waals surface area contributed by atoms with E-state index < -0.39 is 15.6 Å². The molecule has 0 unspecified atom stereocenters. The average Bonchev–Trinajstić information content (AvgIpc) is 3.12. The number of sulfone groups is 1. The molecule has 1 aliphatic heterocycles. The van der Waals surface area contributed by atoms with Crippen molar-refractivity contribution >= 4 is 26.6 Å². The van der Waals surface area contributed by atoms with Crippen molar-refractivity contribution in [3.63, 3.8) is 0 Å². The van der Waals surface area contributed by atoms with Crippen LogP contribution in [0, 0.1) is 0 Å². The molecule has 0 amide bonds. The molecule has 29 heavy (non-hydrogen) atoms. The number of nitrogens with zero attached hydrogens (tertiary/aromatic N) is 3. The van der Waals surface area contributed by atoms with Crippen molar-refractivity contribution in [3.05, 3.63) is 54.4 Å². The number of hydrogen-bond donors (Lipinski definition) is 0. The number of imidazole rings is 1. The highest BCUT2D eigenvalue weighted by atomic mass is 32.2. The number of rotatable bonds is 5. The maximum Gasteiger partial charge on any atom is 0.341 e. The summed E-state index contributed by atoms with van der Waals surface area (Å²) < 4.78 is 50.9. The van der Waals surface area contributed by atoms with E-state index in [1.807, 2.05) is 18.2 Å². The van der Waals surface area contributed by atoms with E-state index in [4.69, 9.17) is 4.98 Å². The lowest BCUT2D eigenvalue weighted by atomic mass is 10.0. The van der Waals surface area contributed by atoms with Crippen LogP contribution in [0.4, 0.5) is 14.5 Å². The standard InChI is InChI=1S/C21H23F2N3O2S/c1-2-20-24-18-5-3-4-6-19(18)26(20)16-11-13-25(14-12-16)15-7-9-17(10-8-15)29(27,28)21(22)23/h3-10,16,21H,2,11-14H2,1H3. The second kappa shape index (κ2) is 7.74. The molecule has 5 nitrogen and oxygen atoms in total. The minimum Gasteiger partial charge on any atom is -0.371 e. The Bertz CT molecular complexity index is 1100. The Morgan fingerprint density at radius 1 is 1.07 bits per heavy atom. The quantitative estimate of drug-likeness (QED) is 0.614. The number of para-hydroxylation sites is 2. The van der Waals surface area contributed by atoms with Crippen molar-refractivity contribution in [2.45, 2.75) is 42.9 Å². The molecule has 0 saturated carbocycles. The number of benzene rings is 2. The Hall–Kier alpha value is -2.48. The van der Waals surface area contributed by atoms with E-state index >= 15 is 0 Å². The van der Waals surface area contributed by atoms with Gasteiger partial charge in [0.05, 0.1) is 15.9 Å². The summed E-state index contributed by atoms with van der Waals surface area (Å²) in [4.78, 5) is 6.58. The second-order valence-electron chi connectivity index (χ2n) is 7.26. The van der Waals surface area contributed by atoms with E-state index in [9.17, 15) is 17.2 Å². The first-order valence-corrected chi connectivity index (χ1v) is 11.3. The van der Waals surface area contributed by atoms with Gasteiger partial charge in [-0.25, -0.2) is 13.4 Å². The van der Waals surface area contributed by atoms with Gasteiger partial charge in [-0.3, -0.25) is 0 Å². The topological polar surface area (TPSA) is 55.2 Å². The number of anilines is 1. The lowest BCUT2D eigenvalue weighted by Crippen LogP contribution is -2.35. The van der Waals surface area contributed by atoms with Crippen LogP contribution in [0.2, 0.25) is 0 Å². The molecule has 1 saturated heterocycles. The molecule has 0 radical (unpaired) electrons. The largest absolute Gasteiger partial charge is 0.371 e. The molecular weight excluding hydrogens is 396 g/mol. The molecule has 2 aromatic carbocycles. The van der Waals surface area contributed by atoms with Gasteiger partial charge in [0.2, 0.25) is 9.84 Å². The highest BCUT2D eigenvalue weighted by Gasteiger charge is 2.27. The Kier molecular flexibility index (Phi) is 5.29. The monoisotopic (exact) mass is 419 g/mol. The van der Waals surface area contributed by atoms with Crippen molar-refractivity contribution in [3.8, 4) is 0 Å². The van der Waals surface area contributed by atoms with Crippen LogP contribution in [0.5, 0.6) is 0 Å². The van der Waals surface area contributed by atoms with Crippen LogP contribution in [-0.2, 0) is 16.3 Å². The molecule has 1 aromatic heterocycles. The van der Waals surface area contributed by atoms with E-state index in [0.29, 0.717) is 6.04 Å². The summed E-state index contributed by atoms with van der Waals surface area (Å²) >= 11 is 0. The van der Waals surface area contributed by atoms with Gasteiger partial charge in [-0.2, -0.15) is 8.78 Å². The molecular formula is C21H23F2N3O2S. The molecule has 2 heterocycles. The lowest BCUT2D eigenvalue weighted by molar-refractivity contribution is 0.234. The van der Waals surface area contributed by atoms with Crippen LogP contribution in [0.1, 0.15) is 31.6 Å². The average molecular weight is 419 g/mol. The van der Waals surface area contributed by atoms with E-state index in [0.717, 1.165) is 54.9 Å². The molecule has 0 bridgehead atoms. The molecule has 3 aromatic rings. The highest BCUT2D eigenvalue weighted by Crippen LogP contribution is 2.31. The highest BCUT2D eigenvalue weighted by molar-refractivity contribution is 7.91. The van der Waals surface area contributed by atoms with Gasteiger partial charge in [-0.1, -0.05) is 19.1 Å². The summed E-state index contributed by atoms with van der Waals surface area (Å²) in [5.41, 5.74) is 3.02. The Morgan fingerprint density at radius 3 is 2.34 bits per heavy atom. The summed E-state index contributed by atoms with van der Waals surface area (Å²) in [5.74, 6) is -2.31. The van der Waals surface area contributed by atoms with Crippen molar-refractivity contribution in [2.75, 3.05) is 18.0 Å². The Labute approximate surface area is 168 Å². The molecule has 4 rings (SSSR count). The van der Waals surface area contributed by atoms with E-state index in [2.05, 4.69) is 22.5 Å². The molecule has 8 heteroatoms. The SMILES string of the molecule is CCc1nc2ccccc2n1C1CCN(c2ccc(S(=O)(=O)C(F)F)cc2)CC1. The number of aryl methyl sites for hydroxylation is 1. The van der Waals surface area contributed by atoms with Crippen molar-refractivity contribution in [1.82, 2.24) is 9.55 Å². The van der Waals surface area contributed by atoms with Crippen LogP contribution < -0.4 is 4.90 Å². The zero-order chi connectivity index (χ0) is 20.6. The predicted octanol–water partition coefficient (Wildman–Crippen LogP) is 4.44. The van der Waals surface area contributed by atoms with Crippen molar-refractivity contribution in [1.29, 1.82) is 0 Å². The van der Waals surface area contributed by atoms with Crippen LogP contribution in [0.25, 0.3) is 11.0 Å². The lowest BCUT2D eigenvalue weighted by Gasteiger charge is -2.35. The number of halogens is 2. The summed E-state index contributed by atoms with van der Waals surface area (Å²) in [5, 5.41) is 0. The molecule has 0 spiro atoms. The maximum absolute atomic E-state index is 12.7. The fraction of sp³-hybridized carbons (Fsp3) is 0.381. The van der Waals surface area contributed by atoms with Crippen LogP contribution in [0.15, 0.2) is 53.4 Å². The summed E-state index contributed by atoms with van der Waals surface area (Å²) in [6.45, 7) is 3.73. The normalized spacial score (nSPS) is 16.1. The number of piperidine rings is 1. The van der Waals surface area contributed by atoms with Crippen molar-refractivity contribution < 1.29 is 17.2 Å². The molecule has 154 valence electrons. The zero-order valence-corrected chi connectivity index (χ0v) is 16.9. The molecule has 0 aliphatic carbocycles. The maximum atomic E-state index is 12.7. The first-order chi connectivity index (χ1) is 13.9. The molecule has 1 aliphatic rings. The first kappa shape index (κ1) is 19.8. The summed E-state index contributed by atoms with van der Waals surface area (Å²) in [7, 11) is -4.55. The minimum atomic E-state index is -4.55. The third-order valence-electron chi connectivity index (χ3n) is 5.58. The third-order valence-corrected chi connectivity index (χ3v) is 6.98. The van der Waals surface area contributed by atoms with Gasteiger partial charge in [-0.15, -0.1) is 0 Å². The number of fused-ring (bicyclic) bond motifs is 1. The van der Waals surface area contributed by atoms with Gasteiger partial charge in [0.25, 0.3) is 0 Å². The molecule has 0 N–H and O–H groups in total. The van der Waals surface area contributed by atoms with E-state index in [1.54, 1.807) is 12.1 Å². The Morgan fingerprint density at radius 2 is 1.72 bits per heavy atom. The van der Waals surface area contributed by atoms with Gasteiger partial charge < -0.3 is 9.47 Å². The van der Waals surface area contributed by atoms with Gasteiger partial charge in [-0.05, 0) is 49.2 Å². The van der Waals surface area contributed by atoms with Gasteiger partial charge >= 0.3 is 5.76 Å². The van der Waals surface area contributed by atoms with Gasteiger partial charge in [0.1, 0.15) is 5.82 Å².